The molecule has 3 rings (SSSR count). The van der Waals surface area contributed by atoms with Crippen LogP contribution >= 0.6 is 0 Å². The highest BCUT2D eigenvalue weighted by atomic mass is 16.5. The van der Waals surface area contributed by atoms with Crippen LogP contribution in [-0.2, 0) is 14.2 Å². The number of aliphatic hydroxyl groups is 1. The molecular weight excluding hydrogens is 390 g/mol. The topological polar surface area (TPSA) is 168 Å². The van der Waals surface area contributed by atoms with Crippen molar-refractivity contribution in [2.24, 2.45) is 0 Å². The Morgan fingerprint density at radius 1 is 1.31 bits per heavy atom. The van der Waals surface area contributed by atoms with Crippen LogP contribution in [0.5, 0.6) is 0 Å². The number of hydrogen-bond acceptors (Lipinski definition) is 10. The van der Waals surface area contributed by atoms with Gasteiger partial charge in [-0.2, -0.15) is 0 Å². The van der Waals surface area contributed by atoms with E-state index < -0.39 is 48.2 Å². The molecule has 0 aromatic carbocycles. The number of esters is 2. The minimum atomic E-state index is -0.889. The lowest BCUT2D eigenvalue weighted by molar-refractivity contribution is -0.0325. The van der Waals surface area contributed by atoms with Crippen LogP contribution < -0.4 is 11.2 Å². The standard InChI is InChI=1S/C16H19N5O8/c1-7-5-20(16(26)17-13(7)23)10-4-8(9(6-22)29-10)21-12(15(25)28-3)11(18-19-21)14(24)27-2/h5,8-10,22H,4,6H2,1-3H3,(H,17,23,26). The summed E-state index contributed by atoms with van der Waals surface area (Å²) in [5.74, 6) is -1.77. The number of hydrogen-bond donors (Lipinski definition) is 2. The van der Waals surface area contributed by atoms with E-state index in [1.807, 2.05) is 0 Å². The maximum Gasteiger partial charge on any atom is 0.361 e. The van der Waals surface area contributed by atoms with Gasteiger partial charge in [0, 0.05) is 18.2 Å². The summed E-state index contributed by atoms with van der Waals surface area (Å²) in [5.41, 5.74) is -1.54. The smallest absolute Gasteiger partial charge is 0.361 e. The van der Waals surface area contributed by atoms with Gasteiger partial charge in [0.2, 0.25) is 5.69 Å². The molecule has 3 atom stereocenters. The summed E-state index contributed by atoms with van der Waals surface area (Å²) in [6.45, 7) is 1.06. The second-order valence-electron chi connectivity index (χ2n) is 6.31. The van der Waals surface area contributed by atoms with Gasteiger partial charge >= 0.3 is 17.6 Å². The molecule has 0 radical (unpaired) electrons. The van der Waals surface area contributed by atoms with Crippen molar-refractivity contribution in [3.8, 4) is 0 Å². The molecule has 0 saturated carbocycles. The van der Waals surface area contributed by atoms with Gasteiger partial charge in [0.15, 0.2) is 5.69 Å². The first-order valence-electron chi connectivity index (χ1n) is 8.52. The van der Waals surface area contributed by atoms with Crippen molar-refractivity contribution < 1.29 is 28.9 Å². The largest absolute Gasteiger partial charge is 0.464 e. The number of nitrogens with one attached hydrogen (secondary N) is 1. The minimum absolute atomic E-state index is 0.0879. The highest BCUT2D eigenvalue weighted by Gasteiger charge is 2.41. The average molecular weight is 409 g/mol. The molecule has 0 amide bonds. The number of aryl methyl sites for hydroxylation is 1. The second-order valence-corrected chi connectivity index (χ2v) is 6.31. The summed E-state index contributed by atoms with van der Waals surface area (Å²) in [5, 5.41) is 17.3. The average Bonchev–Trinajstić information content (AvgIpc) is 3.33. The summed E-state index contributed by atoms with van der Waals surface area (Å²) in [6.07, 6.45) is -0.318. The molecule has 1 aliphatic rings. The van der Waals surface area contributed by atoms with Crippen LogP contribution in [0.4, 0.5) is 0 Å². The Kier molecular flexibility index (Phi) is 5.61. The Labute approximate surface area is 162 Å². The second kappa shape index (κ2) is 7.97. The van der Waals surface area contributed by atoms with Crippen LogP contribution in [0.15, 0.2) is 15.8 Å². The minimum Gasteiger partial charge on any atom is -0.464 e. The SMILES string of the molecule is COC(=O)c1nnn(C2CC(n3cc(C)c(=O)[nH]c3=O)OC2CO)c1C(=O)OC. The van der Waals surface area contributed by atoms with Gasteiger partial charge in [-0.1, -0.05) is 5.21 Å². The van der Waals surface area contributed by atoms with E-state index in [2.05, 4.69) is 20.0 Å². The van der Waals surface area contributed by atoms with Crippen LogP contribution in [0.2, 0.25) is 0 Å². The first kappa shape index (κ1) is 20.4. The fraction of sp³-hybridized carbons (Fsp3) is 0.500. The van der Waals surface area contributed by atoms with Crippen LogP contribution in [0.25, 0.3) is 0 Å². The van der Waals surface area contributed by atoms with E-state index in [-0.39, 0.29) is 17.8 Å². The van der Waals surface area contributed by atoms with Crippen molar-refractivity contribution in [2.75, 3.05) is 20.8 Å². The summed E-state index contributed by atoms with van der Waals surface area (Å²) < 4.78 is 17.3. The zero-order chi connectivity index (χ0) is 21.3. The van der Waals surface area contributed by atoms with Gasteiger partial charge in [0.1, 0.15) is 12.3 Å². The summed E-state index contributed by atoms with van der Waals surface area (Å²) >= 11 is 0. The van der Waals surface area contributed by atoms with Crippen LogP contribution in [0, 0.1) is 6.92 Å². The van der Waals surface area contributed by atoms with Gasteiger partial charge in [-0.25, -0.2) is 19.1 Å². The first-order valence-corrected chi connectivity index (χ1v) is 8.52. The number of aromatic nitrogens is 5. The molecule has 1 saturated heterocycles. The Morgan fingerprint density at radius 2 is 2.00 bits per heavy atom. The monoisotopic (exact) mass is 409 g/mol. The first-order chi connectivity index (χ1) is 13.8. The van der Waals surface area contributed by atoms with E-state index in [4.69, 9.17) is 9.47 Å². The maximum absolute atomic E-state index is 12.2. The van der Waals surface area contributed by atoms with E-state index in [9.17, 15) is 24.3 Å². The molecule has 156 valence electrons. The van der Waals surface area contributed by atoms with Crippen molar-refractivity contribution in [2.45, 2.75) is 31.7 Å². The zero-order valence-corrected chi connectivity index (χ0v) is 15.8. The van der Waals surface area contributed by atoms with Crippen LogP contribution in [0.3, 0.4) is 0 Å². The lowest BCUT2D eigenvalue weighted by atomic mass is 10.1. The van der Waals surface area contributed by atoms with E-state index in [1.54, 1.807) is 0 Å². The number of methoxy groups -OCH3 is 2. The fourth-order valence-electron chi connectivity index (χ4n) is 3.15. The number of aliphatic hydroxyl groups excluding tert-OH is 1. The number of ether oxygens (including phenoxy) is 3. The summed E-state index contributed by atoms with van der Waals surface area (Å²) in [6, 6.07) is -0.760. The molecule has 29 heavy (non-hydrogen) atoms. The predicted molar refractivity (Wildman–Crippen MR) is 93.4 cm³/mol. The Morgan fingerprint density at radius 3 is 2.62 bits per heavy atom. The number of rotatable bonds is 5. The molecule has 13 heteroatoms. The molecule has 0 aliphatic carbocycles. The third kappa shape index (κ3) is 3.56. The van der Waals surface area contributed by atoms with Crippen molar-refractivity contribution >= 4 is 11.9 Å². The highest BCUT2D eigenvalue weighted by Crippen LogP contribution is 2.36. The Hall–Kier alpha value is -3.32. The third-order valence-electron chi connectivity index (χ3n) is 4.61. The zero-order valence-electron chi connectivity index (χ0n) is 15.8. The van der Waals surface area contributed by atoms with Gasteiger partial charge in [0.05, 0.1) is 26.9 Å². The lowest BCUT2D eigenvalue weighted by Crippen LogP contribution is -2.33. The Balaban J connectivity index is 2.04. The molecule has 2 aromatic heterocycles. The number of H-pyrrole nitrogens is 1. The molecule has 1 fully saturated rings. The maximum atomic E-state index is 12.2. The molecule has 0 bridgehead atoms. The molecule has 1 aliphatic heterocycles. The van der Waals surface area contributed by atoms with Crippen molar-refractivity contribution in [1.82, 2.24) is 24.5 Å². The fourth-order valence-corrected chi connectivity index (χ4v) is 3.15. The number of carbonyl (C=O) groups excluding carboxylic acids is 2. The number of aromatic amines is 1. The molecule has 3 heterocycles. The summed E-state index contributed by atoms with van der Waals surface area (Å²) in [7, 11) is 2.25. The lowest BCUT2D eigenvalue weighted by Gasteiger charge is -2.17. The van der Waals surface area contributed by atoms with Crippen LogP contribution in [-0.4, -0.2) is 68.5 Å². The van der Waals surface area contributed by atoms with Gasteiger partial charge in [-0.15, -0.1) is 5.10 Å². The predicted octanol–water partition coefficient (Wildman–Crippen LogP) is -1.47. The van der Waals surface area contributed by atoms with Crippen LogP contribution in [0.1, 0.15) is 45.2 Å². The number of carbonyl (C=O) groups is 2. The normalized spacial score (nSPS) is 21.2. The Bertz CT molecular complexity index is 1050. The van der Waals surface area contributed by atoms with Gasteiger partial charge in [-0.05, 0) is 6.92 Å². The molecular formula is C16H19N5O8. The van der Waals surface area contributed by atoms with E-state index in [0.717, 1.165) is 18.9 Å². The summed E-state index contributed by atoms with van der Waals surface area (Å²) in [4.78, 5) is 50.1. The molecule has 3 unspecified atom stereocenters. The van der Waals surface area contributed by atoms with Crippen molar-refractivity contribution in [1.29, 1.82) is 0 Å². The van der Waals surface area contributed by atoms with Gasteiger partial charge in [0.25, 0.3) is 5.56 Å². The van der Waals surface area contributed by atoms with Gasteiger partial charge < -0.3 is 19.3 Å². The van der Waals surface area contributed by atoms with Crippen molar-refractivity contribution in [3.63, 3.8) is 0 Å². The molecule has 13 nitrogen and oxygen atoms in total. The molecule has 2 aromatic rings. The van der Waals surface area contributed by atoms with E-state index in [0.29, 0.717) is 5.56 Å². The van der Waals surface area contributed by atoms with E-state index >= 15 is 0 Å². The van der Waals surface area contributed by atoms with Gasteiger partial charge in [-0.3, -0.25) is 14.3 Å². The quantitative estimate of drug-likeness (QED) is 0.556. The third-order valence-corrected chi connectivity index (χ3v) is 4.61. The molecule has 2 N–H and O–H groups in total. The van der Waals surface area contributed by atoms with E-state index in [1.165, 1.54) is 17.7 Å². The highest BCUT2D eigenvalue weighted by molar-refractivity contribution is 6.00. The number of nitrogens with zero attached hydrogens (tertiary/aromatic N) is 4. The molecule has 0 spiro atoms. The van der Waals surface area contributed by atoms with Crippen molar-refractivity contribution in [3.05, 3.63) is 44.0 Å².